The SMILES string of the molecule is Cc1ccc(CNC(=O)NCC(O)c2ccsc2)s1. The molecule has 0 saturated carbocycles. The lowest BCUT2D eigenvalue weighted by molar-refractivity contribution is 0.173. The third kappa shape index (κ3) is 4.34. The van der Waals surface area contributed by atoms with Gasteiger partial charge in [0.1, 0.15) is 0 Å². The fourth-order valence-corrected chi connectivity index (χ4v) is 3.12. The Kier molecular flexibility index (Phi) is 4.95. The van der Waals surface area contributed by atoms with Crippen LogP contribution in [0.4, 0.5) is 4.79 Å². The summed E-state index contributed by atoms with van der Waals surface area (Å²) in [5.74, 6) is 0. The van der Waals surface area contributed by atoms with Crippen molar-refractivity contribution in [3.05, 3.63) is 44.3 Å². The van der Waals surface area contributed by atoms with E-state index in [9.17, 15) is 9.90 Å². The number of carbonyl (C=O) groups is 1. The van der Waals surface area contributed by atoms with Gasteiger partial charge in [-0.2, -0.15) is 11.3 Å². The predicted molar refractivity (Wildman–Crippen MR) is 78.6 cm³/mol. The number of aliphatic hydroxyl groups is 1. The summed E-state index contributed by atoms with van der Waals surface area (Å²) in [5.41, 5.74) is 0.833. The maximum atomic E-state index is 11.6. The highest BCUT2D eigenvalue weighted by molar-refractivity contribution is 7.11. The van der Waals surface area contributed by atoms with Crippen LogP contribution in [0.1, 0.15) is 21.4 Å². The van der Waals surface area contributed by atoms with Gasteiger partial charge in [0.2, 0.25) is 0 Å². The van der Waals surface area contributed by atoms with E-state index in [4.69, 9.17) is 0 Å². The van der Waals surface area contributed by atoms with Gasteiger partial charge < -0.3 is 15.7 Å². The Bertz CT molecular complexity index is 522. The van der Waals surface area contributed by atoms with Crippen molar-refractivity contribution in [1.29, 1.82) is 0 Å². The van der Waals surface area contributed by atoms with Gasteiger partial charge in [-0.15, -0.1) is 11.3 Å². The van der Waals surface area contributed by atoms with Gasteiger partial charge in [-0.25, -0.2) is 4.79 Å². The summed E-state index contributed by atoms with van der Waals surface area (Å²) < 4.78 is 0. The molecule has 102 valence electrons. The fourth-order valence-electron chi connectivity index (χ4n) is 1.58. The molecule has 0 bridgehead atoms. The van der Waals surface area contributed by atoms with E-state index >= 15 is 0 Å². The smallest absolute Gasteiger partial charge is 0.315 e. The number of amides is 2. The summed E-state index contributed by atoms with van der Waals surface area (Å²) in [7, 11) is 0. The Morgan fingerprint density at radius 3 is 2.84 bits per heavy atom. The minimum atomic E-state index is -0.652. The van der Waals surface area contributed by atoms with E-state index in [1.54, 1.807) is 11.3 Å². The largest absolute Gasteiger partial charge is 0.387 e. The number of thiophene rings is 2. The number of rotatable bonds is 5. The molecular formula is C13H16N2O2S2. The molecule has 0 spiro atoms. The molecule has 2 aromatic heterocycles. The normalized spacial score (nSPS) is 12.1. The van der Waals surface area contributed by atoms with Crippen LogP contribution in [0.5, 0.6) is 0 Å². The monoisotopic (exact) mass is 296 g/mol. The van der Waals surface area contributed by atoms with E-state index < -0.39 is 6.10 Å². The molecule has 2 amide bonds. The fraction of sp³-hybridized carbons (Fsp3) is 0.308. The van der Waals surface area contributed by atoms with Gasteiger partial charge >= 0.3 is 6.03 Å². The minimum absolute atomic E-state index is 0.214. The third-order valence-electron chi connectivity index (χ3n) is 2.60. The molecule has 0 aliphatic heterocycles. The summed E-state index contributed by atoms with van der Waals surface area (Å²) >= 11 is 3.19. The molecule has 0 saturated heterocycles. The number of carbonyl (C=O) groups excluding carboxylic acids is 1. The van der Waals surface area contributed by atoms with E-state index in [-0.39, 0.29) is 12.6 Å². The van der Waals surface area contributed by atoms with E-state index in [1.807, 2.05) is 35.9 Å². The minimum Gasteiger partial charge on any atom is -0.387 e. The number of aliphatic hydroxyl groups excluding tert-OH is 1. The molecule has 3 N–H and O–H groups in total. The first kappa shape index (κ1) is 14.0. The lowest BCUT2D eigenvalue weighted by atomic mass is 10.2. The zero-order valence-electron chi connectivity index (χ0n) is 10.6. The topological polar surface area (TPSA) is 61.4 Å². The van der Waals surface area contributed by atoms with Gasteiger partial charge in [0.25, 0.3) is 0 Å². The zero-order valence-corrected chi connectivity index (χ0v) is 12.2. The van der Waals surface area contributed by atoms with Crippen molar-refractivity contribution in [3.63, 3.8) is 0 Å². The summed E-state index contributed by atoms with van der Waals surface area (Å²) in [6.07, 6.45) is -0.652. The van der Waals surface area contributed by atoms with Gasteiger partial charge in [0, 0.05) is 16.3 Å². The van der Waals surface area contributed by atoms with Crippen LogP contribution in [-0.2, 0) is 6.54 Å². The number of hydrogen-bond donors (Lipinski definition) is 3. The first-order valence-electron chi connectivity index (χ1n) is 5.92. The molecule has 1 atom stereocenters. The second-order valence-electron chi connectivity index (χ2n) is 4.15. The Morgan fingerprint density at radius 1 is 1.37 bits per heavy atom. The van der Waals surface area contributed by atoms with Crippen molar-refractivity contribution in [2.75, 3.05) is 6.54 Å². The summed E-state index contributed by atoms with van der Waals surface area (Å²) in [6, 6.07) is 5.62. The molecule has 0 fully saturated rings. The van der Waals surface area contributed by atoms with Crippen LogP contribution in [-0.4, -0.2) is 17.7 Å². The van der Waals surface area contributed by atoms with Crippen LogP contribution in [0.25, 0.3) is 0 Å². The Morgan fingerprint density at radius 2 is 2.21 bits per heavy atom. The molecule has 19 heavy (non-hydrogen) atoms. The number of nitrogens with one attached hydrogen (secondary N) is 2. The quantitative estimate of drug-likeness (QED) is 0.794. The van der Waals surface area contributed by atoms with E-state index in [2.05, 4.69) is 10.6 Å². The highest BCUT2D eigenvalue weighted by atomic mass is 32.1. The molecule has 2 heterocycles. The Hall–Kier alpha value is -1.37. The maximum absolute atomic E-state index is 11.6. The molecule has 0 aliphatic carbocycles. The molecule has 4 nitrogen and oxygen atoms in total. The van der Waals surface area contributed by atoms with Gasteiger partial charge in [-0.1, -0.05) is 0 Å². The van der Waals surface area contributed by atoms with Gasteiger partial charge in [0.15, 0.2) is 0 Å². The van der Waals surface area contributed by atoms with E-state index in [0.717, 1.165) is 10.4 Å². The third-order valence-corrected chi connectivity index (χ3v) is 4.31. The summed E-state index contributed by atoms with van der Waals surface area (Å²) in [6.45, 7) is 2.76. The van der Waals surface area contributed by atoms with Crippen molar-refractivity contribution in [2.45, 2.75) is 19.6 Å². The molecule has 2 aromatic rings. The van der Waals surface area contributed by atoms with Crippen LogP contribution in [0.15, 0.2) is 29.0 Å². The molecule has 6 heteroatoms. The van der Waals surface area contributed by atoms with Crippen LogP contribution < -0.4 is 10.6 Å². The van der Waals surface area contributed by atoms with Gasteiger partial charge in [-0.05, 0) is 41.4 Å². The Labute approximate surface area is 120 Å². The zero-order chi connectivity index (χ0) is 13.7. The molecule has 0 radical (unpaired) electrons. The van der Waals surface area contributed by atoms with Crippen LogP contribution in [0.3, 0.4) is 0 Å². The summed E-state index contributed by atoms with van der Waals surface area (Å²) in [4.78, 5) is 13.9. The molecule has 0 aliphatic rings. The van der Waals surface area contributed by atoms with Crippen molar-refractivity contribution in [1.82, 2.24) is 10.6 Å². The van der Waals surface area contributed by atoms with Crippen LogP contribution in [0, 0.1) is 6.92 Å². The van der Waals surface area contributed by atoms with Crippen molar-refractivity contribution in [2.24, 2.45) is 0 Å². The first-order chi connectivity index (χ1) is 9.15. The first-order valence-corrected chi connectivity index (χ1v) is 7.68. The standard InChI is InChI=1S/C13H16N2O2S2/c1-9-2-3-11(19-9)6-14-13(17)15-7-12(16)10-4-5-18-8-10/h2-5,8,12,16H,6-7H2,1H3,(H2,14,15,17). The average molecular weight is 296 g/mol. The number of aryl methyl sites for hydroxylation is 1. The van der Waals surface area contributed by atoms with Gasteiger partial charge in [0.05, 0.1) is 12.6 Å². The van der Waals surface area contributed by atoms with Crippen molar-refractivity contribution in [3.8, 4) is 0 Å². The average Bonchev–Trinajstić information content (AvgIpc) is 3.04. The molecule has 2 rings (SSSR count). The predicted octanol–water partition coefficient (Wildman–Crippen LogP) is 2.65. The van der Waals surface area contributed by atoms with Gasteiger partial charge in [-0.3, -0.25) is 0 Å². The van der Waals surface area contributed by atoms with Crippen molar-refractivity contribution < 1.29 is 9.90 Å². The molecule has 1 unspecified atom stereocenters. The second kappa shape index (κ2) is 6.70. The maximum Gasteiger partial charge on any atom is 0.315 e. The van der Waals surface area contributed by atoms with E-state index in [1.165, 1.54) is 16.2 Å². The molecule has 0 aromatic carbocycles. The highest BCUT2D eigenvalue weighted by Crippen LogP contribution is 2.15. The lowest BCUT2D eigenvalue weighted by Crippen LogP contribution is -2.37. The lowest BCUT2D eigenvalue weighted by Gasteiger charge is -2.11. The highest BCUT2D eigenvalue weighted by Gasteiger charge is 2.09. The Balaban J connectivity index is 1.70. The van der Waals surface area contributed by atoms with Crippen LogP contribution >= 0.6 is 22.7 Å². The van der Waals surface area contributed by atoms with Crippen molar-refractivity contribution >= 4 is 28.7 Å². The molecular weight excluding hydrogens is 280 g/mol. The second-order valence-corrected chi connectivity index (χ2v) is 6.30. The number of hydrogen-bond acceptors (Lipinski definition) is 4. The van der Waals surface area contributed by atoms with E-state index in [0.29, 0.717) is 6.54 Å². The summed E-state index contributed by atoms with van der Waals surface area (Å²) in [5, 5.41) is 19.0. The number of urea groups is 1. The van der Waals surface area contributed by atoms with Crippen LogP contribution in [0.2, 0.25) is 0 Å².